The van der Waals surface area contributed by atoms with E-state index in [0.29, 0.717) is 34.1 Å². The van der Waals surface area contributed by atoms with Gasteiger partial charge in [0.05, 0.1) is 12.7 Å². The quantitative estimate of drug-likeness (QED) is 0.568. The number of ether oxygens (including phenoxy) is 1. The van der Waals surface area contributed by atoms with Gasteiger partial charge in [-0.1, -0.05) is 18.2 Å². The van der Waals surface area contributed by atoms with E-state index in [1.807, 2.05) is 19.1 Å². The molecular weight excluding hydrogens is 376 g/mol. The number of furan rings is 1. The van der Waals surface area contributed by atoms with Gasteiger partial charge in [0.15, 0.2) is 5.11 Å². The average Bonchev–Trinajstić information content (AvgIpc) is 3.17. The number of aliphatic hydroxyl groups excluding tert-OH is 1. The summed E-state index contributed by atoms with van der Waals surface area (Å²) in [5, 5.41) is 15.1. The fourth-order valence-corrected chi connectivity index (χ4v) is 2.96. The number of methoxy groups -OCH3 is 1. The Hall–Kier alpha value is -3.16. The lowest BCUT2D eigenvalue weighted by atomic mass is 10.1. The SMILES string of the molecule is COc1ccc(NC(=S)NC(=O)c2ccccc2C)cc1-c1ccc(CO)o1. The van der Waals surface area contributed by atoms with Crippen LogP contribution < -0.4 is 15.4 Å². The summed E-state index contributed by atoms with van der Waals surface area (Å²) in [6.45, 7) is 1.68. The van der Waals surface area contributed by atoms with Crippen molar-refractivity contribution >= 4 is 28.9 Å². The molecule has 1 aromatic heterocycles. The van der Waals surface area contributed by atoms with Crippen LogP contribution in [0.1, 0.15) is 21.7 Å². The molecule has 0 bridgehead atoms. The van der Waals surface area contributed by atoms with Gasteiger partial charge in [-0.2, -0.15) is 0 Å². The van der Waals surface area contributed by atoms with Gasteiger partial charge in [0, 0.05) is 11.3 Å². The van der Waals surface area contributed by atoms with Crippen LogP contribution in [0.2, 0.25) is 0 Å². The molecule has 0 aliphatic heterocycles. The van der Waals surface area contributed by atoms with Crippen LogP contribution in [-0.4, -0.2) is 23.2 Å². The largest absolute Gasteiger partial charge is 0.496 e. The molecule has 0 fully saturated rings. The number of carbonyl (C=O) groups is 1. The third kappa shape index (κ3) is 4.39. The summed E-state index contributed by atoms with van der Waals surface area (Å²) in [5.74, 6) is 1.35. The molecule has 0 saturated heterocycles. The van der Waals surface area contributed by atoms with Gasteiger partial charge in [-0.25, -0.2) is 0 Å². The third-order valence-corrected chi connectivity index (χ3v) is 4.36. The lowest BCUT2D eigenvalue weighted by Crippen LogP contribution is -2.34. The predicted molar refractivity (Wildman–Crippen MR) is 111 cm³/mol. The molecule has 1 heterocycles. The predicted octanol–water partition coefficient (Wildman–Crippen LogP) is 3.88. The van der Waals surface area contributed by atoms with Gasteiger partial charge >= 0.3 is 0 Å². The van der Waals surface area contributed by atoms with Gasteiger partial charge in [0.25, 0.3) is 5.91 Å². The van der Waals surface area contributed by atoms with Crippen LogP contribution >= 0.6 is 12.2 Å². The Labute approximate surface area is 168 Å². The lowest BCUT2D eigenvalue weighted by molar-refractivity contribution is 0.0977. The van der Waals surface area contributed by atoms with Crippen LogP contribution in [0, 0.1) is 6.92 Å². The van der Waals surface area contributed by atoms with E-state index in [0.717, 1.165) is 5.56 Å². The number of hydrogen-bond donors (Lipinski definition) is 3. The van der Waals surface area contributed by atoms with Crippen molar-refractivity contribution in [2.45, 2.75) is 13.5 Å². The van der Waals surface area contributed by atoms with E-state index in [9.17, 15) is 9.90 Å². The Balaban J connectivity index is 1.77. The zero-order chi connectivity index (χ0) is 20.1. The van der Waals surface area contributed by atoms with E-state index < -0.39 is 0 Å². The van der Waals surface area contributed by atoms with Gasteiger partial charge in [-0.3, -0.25) is 10.1 Å². The second kappa shape index (κ2) is 8.69. The first kappa shape index (κ1) is 19.6. The Bertz CT molecular complexity index is 1010. The van der Waals surface area contributed by atoms with E-state index in [1.54, 1.807) is 49.6 Å². The van der Waals surface area contributed by atoms with Crippen LogP contribution in [0.15, 0.2) is 59.0 Å². The number of amides is 1. The van der Waals surface area contributed by atoms with Crippen LogP contribution in [0.3, 0.4) is 0 Å². The maximum atomic E-state index is 12.4. The first-order chi connectivity index (χ1) is 13.5. The van der Waals surface area contributed by atoms with Gasteiger partial charge in [0.2, 0.25) is 0 Å². The Morgan fingerprint density at radius 2 is 1.96 bits per heavy atom. The maximum Gasteiger partial charge on any atom is 0.257 e. The normalized spacial score (nSPS) is 10.4. The van der Waals surface area contributed by atoms with E-state index in [2.05, 4.69) is 10.6 Å². The number of hydrogen-bond acceptors (Lipinski definition) is 5. The molecular formula is C21H20N2O4S. The second-order valence-electron chi connectivity index (χ2n) is 6.06. The summed E-state index contributed by atoms with van der Waals surface area (Å²) < 4.78 is 11.0. The summed E-state index contributed by atoms with van der Waals surface area (Å²) in [6, 6.07) is 16.1. The molecule has 3 rings (SSSR count). The zero-order valence-electron chi connectivity index (χ0n) is 15.5. The van der Waals surface area contributed by atoms with Crippen LogP contribution in [0.25, 0.3) is 11.3 Å². The molecule has 7 heteroatoms. The molecule has 0 saturated carbocycles. The molecule has 0 radical (unpaired) electrons. The molecule has 1 amide bonds. The van der Waals surface area contributed by atoms with Gasteiger partial charge in [0.1, 0.15) is 23.9 Å². The van der Waals surface area contributed by atoms with E-state index in [1.165, 1.54) is 0 Å². The Morgan fingerprint density at radius 3 is 2.64 bits per heavy atom. The number of benzene rings is 2. The highest BCUT2D eigenvalue weighted by atomic mass is 32.1. The van der Waals surface area contributed by atoms with E-state index in [4.69, 9.17) is 21.4 Å². The first-order valence-corrected chi connectivity index (χ1v) is 8.98. The van der Waals surface area contributed by atoms with E-state index in [-0.39, 0.29) is 17.6 Å². The molecule has 3 aromatic rings. The molecule has 0 atom stereocenters. The van der Waals surface area contributed by atoms with Gasteiger partial charge in [-0.15, -0.1) is 0 Å². The molecule has 28 heavy (non-hydrogen) atoms. The molecule has 0 spiro atoms. The van der Waals surface area contributed by atoms with Crippen molar-refractivity contribution in [2.24, 2.45) is 0 Å². The van der Waals surface area contributed by atoms with Crippen molar-refractivity contribution in [2.75, 3.05) is 12.4 Å². The van der Waals surface area contributed by atoms with Gasteiger partial charge in [-0.05, 0) is 61.1 Å². The van der Waals surface area contributed by atoms with E-state index >= 15 is 0 Å². The lowest BCUT2D eigenvalue weighted by Gasteiger charge is -2.13. The topological polar surface area (TPSA) is 83.7 Å². The Kier molecular flexibility index (Phi) is 6.08. The highest BCUT2D eigenvalue weighted by Crippen LogP contribution is 2.33. The van der Waals surface area contributed by atoms with Crippen LogP contribution in [0.5, 0.6) is 5.75 Å². The number of rotatable bonds is 5. The van der Waals surface area contributed by atoms with Crippen molar-refractivity contribution in [3.05, 3.63) is 71.5 Å². The van der Waals surface area contributed by atoms with Crippen molar-refractivity contribution < 1.29 is 19.1 Å². The number of aliphatic hydroxyl groups is 1. The highest BCUT2D eigenvalue weighted by molar-refractivity contribution is 7.80. The minimum absolute atomic E-state index is 0.180. The van der Waals surface area contributed by atoms with Crippen LogP contribution in [-0.2, 0) is 6.61 Å². The molecule has 144 valence electrons. The molecule has 0 aliphatic carbocycles. The molecule has 0 unspecified atom stereocenters. The van der Waals surface area contributed by atoms with Crippen LogP contribution in [0.4, 0.5) is 5.69 Å². The molecule has 6 nitrogen and oxygen atoms in total. The highest BCUT2D eigenvalue weighted by Gasteiger charge is 2.14. The maximum absolute atomic E-state index is 12.4. The Morgan fingerprint density at radius 1 is 1.18 bits per heavy atom. The fraction of sp³-hybridized carbons (Fsp3) is 0.143. The van der Waals surface area contributed by atoms with Crippen molar-refractivity contribution in [1.29, 1.82) is 0 Å². The van der Waals surface area contributed by atoms with Crippen molar-refractivity contribution in [3.63, 3.8) is 0 Å². The molecule has 2 aromatic carbocycles. The number of carbonyl (C=O) groups excluding carboxylic acids is 1. The number of anilines is 1. The number of nitrogens with one attached hydrogen (secondary N) is 2. The summed E-state index contributed by atoms with van der Waals surface area (Å²) in [5.41, 5.74) is 2.79. The van der Waals surface area contributed by atoms with Gasteiger partial charge < -0.3 is 19.6 Å². The average molecular weight is 396 g/mol. The number of aryl methyl sites for hydroxylation is 1. The summed E-state index contributed by atoms with van der Waals surface area (Å²) >= 11 is 5.27. The minimum Gasteiger partial charge on any atom is -0.496 e. The number of thiocarbonyl (C=S) groups is 1. The monoisotopic (exact) mass is 396 g/mol. The standard InChI is InChI=1S/C21H20N2O4S/c1-13-5-3-4-6-16(13)20(25)23-21(28)22-14-7-9-18(26-2)17(11-14)19-10-8-15(12-24)27-19/h3-11,24H,12H2,1-2H3,(H2,22,23,25,28). The smallest absolute Gasteiger partial charge is 0.257 e. The molecule has 3 N–H and O–H groups in total. The summed E-state index contributed by atoms with van der Waals surface area (Å²) in [7, 11) is 1.56. The fourth-order valence-electron chi connectivity index (χ4n) is 2.75. The first-order valence-electron chi connectivity index (χ1n) is 8.57. The van der Waals surface area contributed by atoms with Crippen molar-refractivity contribution in [3.8, 4) is 17.1 Å². The summed E-state index contributed by atoms with van der Waals surface area (Å²) in [4.78, 5) is 12.4. The van der Waals surface area contributed by atoms with Crippen molar-refractivity contribution in [1.82, 2.24) is 5.32 Å². The summed E-state index contributed by atoms with van der Waals surface area (Å²) in [6.07, 6.45) is 0. The second-order valence-corrected chi connectivity index (χ2v) is 6.47. The third-order valence-electron chi connectivity index (χ3n) is 4.16. The minimum atomic E-state index is -0.275. The molecule has 0 aliphatic rings. The zero-order valence-corrected chi connectivity index (χ0v) is 16.3.